The predicted molar refractivity (Wildman–Crippen MR) is 124 cm³/mol. The number of hydrogen-bond acceptors (Lipinski definition) is 5. The number of nitrogens with zero attached hydrogens (tertiary/aromatic N) is 3. The molecule has 1 spiro atoms. The number of carbonyl (C=O) groups is 2. The molecular weight excluding hydrogens is 404 g/mol. The number of benzene rings is 2. The van der Waals surface area contributed by atoms with E-state index in [9.17, 15) is 9.59 Å². The van der Waals surface area contributed by atoms with Crippen LogP contribution in [0.25, 0.3) is 0 Å². The first-order chi connectivity index (χ1) is 15.7. The van der Waals surface area contributed by atoms with Crippen molar-refractivity contribution in [2.75, 3.05) is 56.2 Å². The molecule has 7 nitrogen and oxygen atoms in total. The first kappa shape index (κ1) is 21.0. The van der Waals surface area contributed by atoms with Gasteiger partial charge in [-0.2, -0.15) is 0 Å². The Hall–Kier alpha value is -2.90. The summed E-state index contributed by atoms with van der Waals surface area (Å²) in [4.78, 5) is 33.7. The molecule has 7 heteroatoms. The van der Waals surface area contributed by atoms with E-state index in [0.717, 1.165) is 56.9 Å². The highest BCUT2D eigenvalue weighted by Gasteiger charge is 2.58. The van der Waals surface area contributed by atoms with Gasteiger partial charge in [0, 0.05) is 44.0 Å². The van der Waals surface area contributed by atoms with Crippen LogP contribution in [0.15, 0.2) is 48.5 Å². The Bertz CT molecular complexity index is 1020. The second-order valence-electron chi connectivity index (χ2n) is 8.62. The van der Waals surface area contributed by atoms with Crippen LogP contribution in [0.4, 0.5) is 11.4 Å². The summed E-state index contributed by atoms with van der Waals surface area (Å²) in [5.74, 6) is -0.169. The maximum Gasteiger partial charge on any atom is 0.278 e. The lowest BCUT2D eigenvalue weighted by molar-refractivity contribution is -0.127. The zero-order valence-electron chi connectivity index (χ0n) is 18.5. The van der Waals surface area contributed by atoms with Gasteiger partial charge in [0.15, 0.2) is 0 Å². The lowest BCUT2D eigenvalue weighted by atomic mass is 9.92. The van der Waals surface area contributed by atoms with Crippen molar-refractivity contribution in [2.24, 2.45) is 0 Å². The lowest BCUT2D eigenvalue weighted by Gasteiger charge is -2.45. The summed E-state index contributed by atoms with van der Waals surface area (Å²) in [6.07, 6.45) is 1.64. The highest BCUT2D eigenvalue weighted by atomic mass is 16.5. The number of nitrogens with one attached hydrogen (secondary N) is 1. The predicted octanol–water partition coefficient (Wildman–Crippen LogP) is 2.89. The molecule has 2 aromatic rings. The zero-order chi connectivity index (χ0) is 22.1. The fraction of sp³-hybridized carbons (Fsp3) is 0.440. The minimum Gasteiger partial charge on any atom is -0.379 e. The molecule has 0 saturated carbocycles. The second kappa shape index (κ2) is 8.56. The van der Waals surface area contributed by atoms with Crippen LogP contribution in [0.1, 0.15) is 35.7 Å². The zero-order valence-corrected chi connectivity index (χ0v) is 18.5. The molecule has 1 fully saturated rings. The van der Waals surface area contributed by atoms with Crippen molar-refractivity contribution in [1.82, 2.24) is 9.80 Å². The summed E-state index contributed by atoms with van der Waals surface area (Å²) in [5.41, 5.74) is 1.86. The number of anilines is 2. The molecule has 2 amide bonds. The van der Waals surface area contributed by atoms with Gasteiger partial charge in [-0.1, -0.05) is 37.3 Å². The van der Waals surface area contributed by atoms with Crippen LogP contribution in [0.2, 0.25) is 0 Å². The van der Waals surface area contributed by atoms with Gasteiger partial charge >= 0.3 is 0 Å². The van der Waals surface area contributed by atoms with Gasteiger partial charge in [0.25, 0.3) is 11.8 Å². The van der Waals surface area contributed by atoms with Crippen LogP contribution in [-0.2, 0) is 15.2 Å². The van der Waals surface area contributed by atoms with Gasteiger partial charge in [0.05, 0.1) is 24.5 Å². The standard InChI is InChI=1S/C25H30N4O3/c1-2-12-28-22-11-6-4-9-20(22)25(24(28)31)26-21-10-5-3-8-19(21)23(30)29(25)14-7-13-27-15-17-32-18-16-27/h3-6,8-11,26H,2,7,12-18H2,1H3/t25-/m0/s1. The highest BCUT2D eigenvalue weighted by Crippen LogP contribution is 2.47. The van der Waals surface area contributed by atoms with E-state index in [1.165, 1.54) is 0 Å². The highest BCUT2D eigenvalue weighted by molar-refractivity contribution is 6.15. The van der Waals surface area contributed by atoms with Crippen molar-refractivity contribution >= 4 is 23.2 Å². The summed E-state index contributed by atoms with van der Waals surface area (Å²) < 4.78 is 5.45. The van der Waals surface area contributed by atoms with E-state index >= 15 is 0 Å². The molecule has 0 unspecified atom stereocenters. The quantitative estimate of drug-likeness (QED) is 0.758. The first-order valence-electron chi connectivity index (χ1n) is 11.6. The van der Waals surface area contributed by atoms with E-state index in [-0.39, 0.29) is 11.8 Å². The molecule has 1 N–H and O–H groups in total. The van der Waals surface area contributed by atoms with E-state index in [2.05, 4.69) is 17.1 Å². The third kappa shape index (κ3) is 3.27. The molecule has 168 valence electrons. The Kier molecular flexibility index (Phi) is 5.61. The third-order valence-electron chi connectivity index (χ3n) is 6.67. The number of morpholine rings is 1. The molecule has 1 saturated heterocycles. The molecule has 0 aromatic heterocycles. The van der Waals surface area contributed by atoms with Gasteiger partial charge in [-0.05, 0) is 31.0 Å². The number of hydrogen-bond donors (Lipinski definition) is 1. The Morgan fingerprint density at radius 3 is 2.53 bits per heavy atom. The molecule has 0 aliphatic carbocycles. The van der Waals surface area contributed by atoms with E-state index in [0.29, 0.717) is 24.3 Å². The number of amides is 2. The Labute approximate surface area is 188 Å². The van der Waals surface area contributed by atoms with Crippen LogP contribution in [0.5, 0.6) is 0 Å². The summed E-state index contributed by atoms with van der Waals surface area (Å²) in [5, 5.41) is 3.52. The number of carbonyl (C=O) groups excluding carboxylic acids is 2. The molecule has 0 bridgehead atoms. The Balaban J connectivity index is 1.53. The summed E-state index contributed by atoms with van der Waals surface area (Å²) in [6.45, 7) is 7.38. The van der Waals surface area contributed by atoms with Gasteiger partial charge < -0.3 is 19.9 Å². The van der Waals surface area contributed by atoms with Crippen LogP contribution in [0.3, 0.4) is 0 Å². The first-order valence-corrected chi connectivity index (χ1v) is 11.6. The van der Waals surface area contributed by atoms with Gasteiger partial charge in [-0.3, -0.25) is 14.5 Å². The Morgan fingerprint density at radius 2 is 1.72 bits per heavy atom. The third-order valence-corrected chi connectivity index (χ3v) is 6.67. The van der Waals surface area contributed by atoms with Crippen molar-refractivity contribution in [2.45, 2.75) is 25.4 Å². The van der Waals surface area contributed by atoms with E-state index in [1.54, 1.807) is 4.90 Å². The molecular formula is C25H30N4O3. The molecule has 3 aliphatic rings. The van der Waals surface area contributed by atoms with Gasteiger partial charge in [-0.15, -0.1) is 0 Å². The van der Waals surface area contributed by atoms with Gasteiger partial charge in [0.2, 0.25) is 5.66 Å². The Morgan fingerprint density at radius 1 is 0.969 bits per heavy atom. The smallest absolute Gasteiger partial charge is 0.278 e. The molecule has 3 heterocycles. The van der Waals surface area contributed by atoms with E-state index in [1.807, 2.05) is 53.4 Å². The van der Waals surface area contributed by atoms with Crippen LogP contribution >= 0.6 is 0 Å². The van der Waals surface area contributed by atoms with Crippen molar-refractivity contribution in [3.05, 3.63) is 59.7 Å². The SMILES string of the molecule is CCCN1C(=O)[C@]2(Nc3ccccc3C(=O)N2CCCN2CCOCC2)c2ccccc21. The van der Waals surface area contributed by atoms with Crippen molar-refractivity contribution < 1.29 is 14.3 Å². The van der Waals surface area contributed by atoms with Gasteiger partial charge in [0.1, 0.15) is 0 Å². The monoisotopic (exact) mass is 434 g/mol. The van der Waals surface area contributed by atoms with Gasteiger partial charge in [-0.25, -0.2) is 0 Å². The molecule has 0 radical (unpaired) electrons. The van der Waals surface area contributed by atoms with Crippen LogP contribution in [-0.4, -0.2) is 67.6 Å². The molecule has 2 aromatic carbocycles. The van der Waals surface area contributed by atoms with E-state index < -0.39 is 5.66 Å². The topological polar surface area (TPSA) is 65.1 Å². The summed E-state index contributed by atoms with van der Waals surface area (Å²) >= 11 is 0. The summed E-state index contributed by atoms with van der Waals surface area (Å²) in [7, 11) is 0. The lowest BCUT2D eigenvalue weighted by Crippen LogP contribution is -2.63. The molecule has 1 atom stereocenters. The number of rotatable bonds is 6. The second-order valence-corrected chi connectivity index (χ2v) is 8.62. The number of para-hydroxylation sites is 2. The van der Waals surface area contributed by atoms with Crippen molar-refractivity contribution in [3.8, 4) is 0 Å². The molecule has 32 heavy (non-hydrogen) atoms. The maximum atomic E-state index is 14.0. The normalized spacial score (nSPS) is 22.8. The average molecular weight is 435 g/mol. The summed E-state index contributed by atoms with van der Waals surface area (Å²) in [6, 6.07) is 15.4. The van der Waals surface area contributed by atoms with Crippen LogP contribution in [0, 0.1) is 0 Å². The minimum absolute atomic E-state index is 0.0743. The van der Waals surface area contributed by atoms with E-state index in [4.69, 9.17) is 4.74 Å². The minimum atomic E-state index is -1.21. The largest absolute Gasteiger partial charge is 0.379 e. The fourth-order valence-electron chi connectivity index (χ4n) is 5.15. The van der Waals surface area contributed by atoms with Crippen LogP contribution < -0.4 is 10.2 Å². The average Bonchev–Trinajstić information content (AvgIpc) is 3.05. The fourth-order valence-corrected chi connectivity index (χ4v) is 5.15. The molecule has 3 aliphatic heterocycles. The van der Waals surface area contributed by atoms with Crippen molar-refractivity contribution in [1.29, 1.82) is 0 Å². The van der Waals surface area contributed by atoms with Crippen molar-refractivity contribution in [3.63, 3.8) is 0 Å². The maximum absolute atomic E-state index is 14.0. The number of ether oxygens (including phenoxy) is 1. The molecule has 5 rings (SSSR count). The number of fused-ring (bicyclic) bond motifs is 3.